The van der Waals surface area contributed by atoms with E-state index in [1.165, 1.54) is 7.11 Å². The first-order valence-corrected chi connectivity index (χ1v) is 17.4. The Morgan fingerprint density at radius 1 is 0.635 bits per heavy atom. The number of ether oxygens (including phenoxy) is 6. The zero-order valence-corrected chi connectivity index (χ0v) is 29.1. The summed E-state index contributed by atoms with van der Waals surface area (Å²) in [6.45, 7) is 5.10. The predicted molar refractivity (Wildman–Crippen MR) is 200 cm³/mol. The molecule has 1 aliphatic rings. The van der Waals surface area contributed by atoms with Crippen molar-refractivity contribution in [2.45, 2.75) is 19.8 Å². The molecule has 0 radical (unpaired) electrons. The van der Waals surface area contributed by atoms with Gasteiger partial charge in [0.1, 0.15) is 48.9 Å². The standard InChI is InChI=1S/C43H41NO8/c1-46-43-41(45)40-38(48-24-21-44-19-22-47-23-20-44)26-35(49-28-31-11-5-2-6-12-31)27-39(40)52-42(43)34-17-18-36(50-29-32-13-7-3-8-14-32)37(25-34)51-30-33-15-9-4-10-16-33/h2-18,25-27H,19-24,28-30H2,1H3. The van der Waals surface area contributed by atoms with Crippen LogP contribution in [0.4, 0.5) is 0 Å². The van der Waals surface area contributed by atoms with Gasteiger partial charge in [-0.05, 0) is 34.9 Å². The topological polar surface area (TPSA) is 88.8 Å². The molecule has 0 unspecified atom stereocenters. The molecule has 9 nitrogen and oxygen atoms in total. The minimum atomic E-state index is -0.356. The Labute approximate surface area is 302 Å². The van der Waals surface area contributed by atoms with Crippen molar-refractivity contribution >= 4 is 11.0 Å². The molecule has 0 saturated carbocycles. The summed E-state index contributed by atoms with van der Waals surface area (Å²) in [7, 11) is 1.46. The van der Waals surface area contributed by atoms with Crippen molar-refractivity contribution in [3.63, 3.8) is 0 Å². The average Bonchev–Trinajstić information content (AvgIpc) is 3.20. The van der Waals surface area contributed by atoms with Crippen LogP contribution >= 0.6 is 0 Å². The number of fused-ring (bicyclic) bond motifs is 1. The van der Waals surface area contributed by atoms with Gasteiger partial charge in [-0.15, -0.1) is 0 Å². The summed E-state index contributed by atoms with van der Waals surface area (Å²) < 4.78 is 42.9. The van der Waals surface area contributed by atoms with Crippen LogP contribution in [0, 0.1) is 0 Å². The average molecular weight is 700 g/mol. The van der Waals surface area contributed by atoms with Gasteiger partial charge in [-0.3, -0.25) is 9.69 Å². The minimum absolute atomic E-state index is 0.0513. The molecule has 0 N–H and O–H groups in total. The van der Waals surface area contributed by atoms with Crippen LogP contribution in [0.15, 0.2) is 131 Å². The van der Waals surface area contributed by atoms with Crippen molar-refractivity contribution in [2.75, 3.05) is 46.6 Å². The molecule has 0 atom stereocenters. The summed E-state index contributed by atoms with van der Waals surface area (Å²) in [5.41, 5.74) is 3.56. The number of morpholine rings is 1. The third-order valence-corrected chi connectivity index (χ3v) is 8.79. The maximum Gasteiger partial charge on any atom is 0.239 e. The molecule has 6 aromatic rings. The number of rotatable bonds is 15. The van der Waals surface area contributed by atoms with Crippen molar-refractivity contribution < 1.29 is 32.8 Å². The Morgan fingerprint density at radius 3 is 1.85 bits per heavy atom. The fourth-order valence-electron chi connectivity index (χ4n) is 6.02. The second-order valence-corrected chi connectivity index (χ2v) is 12.4. The predicted octanol–water partition coefficient (Wildman–Crippen LogP) is 7.92. The zero-order chi connectivity index (χ0) is 35.5. The maximum atomic E-state index is 14.3. The van der Waals surface area contributed by atoms with Crippen LogP contribution in [0.25, 0.3) is 22.3 Å². The molecule has 0 bridgehead atoms. The van der Waals surface area contributed by atoms with Gasteiger partial charge in [0.15, 0.2) is 17.3 Å². The van der Waals surface area contributed by atoms with E-state index in [1.807, 2.05) is 109 Å². The number of hydrogen-bond donors (Lipinski definition) is 0. The third-order valence-electron chi connectivity index (χ3n) is 8.79. The number of methoxy groups -OCH3 is 1. The van der Waals surface area contributed by atoms with Crippen molar-refractivity contribution in [1.82, 2.24) is 4.90 Å². The Balaban J connectivity index is 1.25. The molecular formula is C43H41NO8. The summed E-state index contributed by atoms with van der Waals surface area (Å²) >= 11 is 0. The summed E-state index contributed by atoms with van der Waals surface area (Å²) in [4.78, 5) is 16.5. The van der Waals surface area contributed by atoms with Gasteiger partial charge in [0.2, 0.25) is 11.2 Å². The number of benzene rings is 5. The highest BCUT2D eigenvalue weighted by Gasteiger charge is 2.23. The van der Waals surface area contributed by atoms with Gasteiger partial charge < -0.3 is 32.8 Å². The molecule has 1 aromatic heterocycles. The fourth-order valence-corrected chi connectivity index (χ4v) is 6.02. The fraction of sp³-hybridized carbons (Fsp3) is 0.233. The molecular weight excluding hydrogens is 658 g/mol. The number of nitrogens with zero attached hydrogens (tertiary/aromatic N) is 1. The van der Waals surface area contributed by atoms with E-state index in [4.69, 9.17) is 32.8 Å². The number of hydrogen-bond acceptors (Lipinski definition) is 9. The monoisotopic (exact) mass is 699 g/mol. The van der Waals surface area contributed by atoms with Crippen molar-refractivity contribution in [2.24, 2.45) is 0 Å². The normalized spacial score (nSPS) is 13.1. The molecule has 1 saturated heterocycles. The quantitative estimate of drug-likeness (QED) is 0.106. The lowest BCUT2D eigenvalue weighted by Crippen LogP contribution is -2.38. The Morgan fingerprint density at radius 2 is 1.23 bits per heavy atom. The lowest BCUT2D eigenvalue weighted by molar-refractivity contribution is 0.0323. The molecule has 7 rings (SSSR count). The van der Waals surface area contributed by atoms with E-state index in [0.29, 0.717) is 80.3 Å². The lowest BCUT2D eigenvalue weighted by atomic mass is 10.1. The van der Waals surface area contributed by atoms with E-state index in [0.717, 1.165) is 29.8 Å². The van der Waals surface area contributed by atoms with E-state index in [2.05, 4.69) is 4.90 Å². The lowest BCUT2D eigenvalue weighted by Gasteiger charge is -2.26. The van der Waals surface area contributed by atoms with Gasteiger partial charge in [-0.1, -0.05) is 91.0 Å². The highest BCUT2D eigenvalue weighted by molar-refractivity contribution is 5.89. The van der Waals surface area contributed by atoms with Crippen LogP contribution in [0.5, 0.6) is 28.7 Å². The van der Waals surface area contributed by atoms with Crippen LogP contribution < -0.4 is 29.1 Å². The van der Waals surface area contributed by atoms with Gasteiger partial charge in [-0.25, -0.2) is 0 Å². The van der Waals surface area contributed by atoms with Gasteiger partial charge in [0, 0.05) is 37.3 Å². The Kier molecular flexibility index (Phi) is 11.3. The Bertz CT molecular complexity index is 2110. The maximum absolute atomic E-state index is 14.3. The molecule has 0 amide bonds. The van der Waals surface area contributed by atoms with Gasteiger partial charge >= 0.3 is 0 Å². The van der Waals surface area contributed by atoms with E-state index in [1.54, 1.807) is 12.1 Å². The Hall–Kier alpha value is -5.77. The van der Waals surface area contributed by atoms with E-state index in [-0.39, 0.29) is 22.3 Å². The second-order valence-electron chi connectivity index (χ2n) is 12.4. The second kappa shape index (κ2) is 17.0. The first kappa shape index (κ1) is 34.7. The molecule has 5 aromatic carbocycles. The summed E-state index contributed by atoms with van der Waals surface area (Å²) in [6, 6.07) is 38.6. The molecule has 0 spiro atoms. The SMILES string of the molecule is COc1c(-c2ccc(OCc3ccccc3)c(OCc3ccccc3)c2)oc2cc(OCc3ccccc3)cc(OCCN3CCOCC3)c2c1=O. The van der Waals surface area contributed by atoms with Crippen LogP contribution in [0.1, 0.15) is 16.7 Å². The largest absolute Gasteiger partial charge is 0.491 e. The first-order chi connectivity index (χ1) is 25.6. The molecule has 1 fully saturated rings. The van der Waals surface area contributed by atoms with Gasteiger partial charge in [0.25, 0.3) is 0 Å². The molecule has 1 aliphatic heterocycles. The summed E-state index contributed by atoms with van der Waals surface area (Å²) in [5, 5.41) is 0.276. The van der Waals surface area contributed by atoms with Crippen LogP contribution in [0.3, 0.4) is 0 Å². The van der Waals surface area contributed by atoms with Crippen molar-refractivity contribution in [3.8, 4) is 40.1 Å². The van der Waals surface area contributed by atoms with Gasteiger partial charge in [0.05, 0.1) is 20.3 Å². The smallest absolute Gasteiger partial charge is 0.239 e. The third kappa shape index (κ3) is 8.57. The van der Waals surface area contributed by atoms with Crippen LogP contribution in [0.2, 0.25) is 0 Å². The highest BCUT2D eigenvalue weighted by atomic mass is 16.5. The molecule has 9 heteroatoms. The van der Waals surface area contributed by atoms with Crippen LogP contribution in [-0.4, -0.2) is 51.5 Å². The zero-order valence-electron chi connectivity index (χ0n) is 29.1. The highest BCUT2D eigenvalue weighted by Crippen LogP contribution is 2.40. The molecule has 266 valence electrons. The van der Waals surface area contributed by atoms with Crippen LogP contribution in [-0.2, 0) is 24.6 Å². The van der Waals surface area contributed by atoms with Gasteiger partial charge in [-0.2, -0.15) is 0 Å². The minimum Gasteiger partial charge on any atom is -0.491 e. The first-order valence-electron chi connectivity index (χ1n) is 17.4. The molecule has 52 heavy (non-hydrogen) atoms. The summed E-state index contributed by atoms with van der Waals surface area (Å²) in [6.07, 6.45) is 0. The van der Waals surface area contributed by atoms with E-state index < -0.39 is 0 Å². The van der Waals surface area contributed by atoms with E-state index >= 15 is 0 Å². The van der Waals surface area contributed by atoms with Crippen molar-refractivity contribution in [3.05, 3.63) is 148 Å². The molecule has 0 aliphatic carbocycles. The van der Waals surface area contributed by atoms with Crippen molar-refractivity contribution in [1.29, 1.82) is 0 Å². The summed E-state index contributed by atoms with van der Waals surface area (Å²) in [5.74, 6) is 2.22. The van der Waals surface area contributed by atoms with E-state index in [9.17, 15) is 4.79 Å². The molecule has 2 heterocycles.